The number of aliphatic hydroxyl groups is 3. The maximum absolute atomic E-state index is 13.9. The Bertz CT molecular complexity index is 1570. The van der Waals surface area contributed by atoms with E-state index in [-0.39, 0.29) is 28.6 Å². The fourth-order valence-corrected chi connectivity index (χ4v) is 5.82. The van der Waals surface area contributed by atoms with Crippen LogP contribution in [0.2, 0.25) is 5.02 Å². The van der Waals surface area contributed by atoms with Crippen molar-refractivity contribution in [2.75, 3.05) is 5.32 Å². The van der Waals surface area contributed by atoms with Gasteiger partial charge in [-0.25, -0.2) is 4.79 Å². The summed E-state index contributed by atoms with van der Waals surface area (Å²) >= 11 is 6.30. The van der Waals surface area contributed by atoms with Crippen LogP contribution in [0, 0.1) is 11.8 Å². The van der Waals surface area contributed by atoms with Crippen LogP contribution in [-0.4, -0.2) is 81.4 Å². The van der Waals surface area contributed by atoms with Crippen LogP contribution in [0.15, 0.2) is 36.4 Å². The van der Waals surface area contributed by atoms with E-state index in [1.54, 1.807) is 0 Å². The predicted octanol–water partition coefficient (Wildman–Crippen LogP) is 3.90. The molecule has 0 aromatic heterocycles. The molecule has 12 nitrogen and oxygen atoms in total. The first-order valence-electron chi connectivity index (χ1n) is 14.5. The van der Waals surface area contributed by atoms with Crippen molar-refractivity contribution in [1.29, 1.82) is 0 Å². The molecular weight excluding hydrogens is 681 g/mol. The molecule has 0 bridgehead atoms. The molecule has 2 aromatic rings. The summed E-state index contributed by atoms with van der Waals surface area (Å²) in [5, 5.41) is 41.6. The smallest absolute Gasteiger partial charge is 0.479 e. The molecule has 0 spiro atoms. The van der Waals surface area contributed by atoms with E-state index in [2.05, 4.69) is 14.8 Å². The zero-order valence-electron chi connectivity index (χ0n) is 24.7. The molecule has 0 radical (unpaired) electrons. The number of esters is 1. The number of carbonyl (C=O) groups is 3. The van der Waals surface area contributed by atoms with Crippen LogP contribution in [0.3, 0.4) is 0 Å². The highest BCUT2D eigenvalue weighted by atomic mass is 35.5. The van der Waals surface area contributed by atoms with Gasteiger partial charge in [-0.1, -0.05) is 30.7 Å². The van der Waals surface area contributed by atoms with Crippen molar-refractivity contribution in [3.05, 3.63) is 52.5 Å². The summed E-state index contributed by atoms with van der Waals surface area (Å²) in [5.41, 5.74) is 0.0132. The van der Waals surface area contributed by atoms with Crippen LogP contribution < -0.4 is 14.8 Å². The number of halogens is 6. The third-order valence-corrected chi connectivity index (χ3v) is 8.73. The zero-order valence-corrected chi connectivity index (χ0v) is 25.5. The Hall–Kier alpha value is -3.77. The number of carboxylic acid groups (broad SMARTS) is 1. The van der Waals surface area contributed by atoms with Gasteiger partial charge in [0.2, 0.25) is 12.2 Å². The number of ether oxygens (including phenoxy) is 4. The fraction of sp³-hybridized carbons (Fsp3) is 0.500. The molecule has 5 N–H and O–H groups in total. The first-order chi connectivity index (χ1) is 22.4. The van der Waals surface area contributed by atoms with Gasteiger partial charge in [0, 0.05) is 0 Å². The van der Waals surface area contributed by atoms with Crippen molar-refractivity contribution in [1.82, 2.24) is 0 Å². The van der Waals surface area contributed by atoms with E-state index >= 15 is 0 Å². The number of aliphatic hydroxyl groups excluding tert-OH is 3. The molecule has 2 aromatic carbocycles. The van der Waals surface area contributed by atoms with Crippen molar-refractivity contribution in [3.8, 4) is 11.5 Å². The highest BCUT2D eigenvalue weighted by Gasteiger charge is 2.50. The van der Waals surface area contributed by atoms with Crippen LogP contribution in [-0.2, 0) is 23.9 Å². The number of rotatable bonds is 10. The maximum Gasteiger partial charge on any atom is 0.586 e. The summed E-state index contributed by atoms with van der Waals surface area (Å²) < 4.78 is 87.7. The third-order valence-electron chi connectivity index (χ3n) is 8.40. The van der Waals surface area contributed by atoms with Crippen molar-refractivity contribution >= 4 is 35.1 Å². The molecule has 2 heterocycles. The van der Waals surface area contributed by atoms with E-state index in [0.717, 1.165) is 25.1 Å². The van der Waals surface area contributed by atoms with Crippen LogP contribution in [0.5, 0.6) is 11.5 Å². The number of nitrogens with one attached hydrogen (secondary N) is 1. The van der Waals surface area contributed by atoms with E-state index < -0.39 is 90.3 Å². The lowest BCUT2D eigenvalue weighted by molar-refractivity contribution is -0.286. The maximum atomic E-state index is 13.9. The SMILES string of the molecule is C[C@H]([C@H](C(=O)Nc1cc([C@@H](CC(=O)OC2O[C@H](C(=O)O)[C@@H](O)[C@H](O)[C@H]2O)C2CC2)ccc1Cl)c1ccc2c(c1)OC(F)(F)O2)C(F)(F)F. The van der Waals surface area contributed by atoms with Gasteiger partial charge in [-0.3, -0.25) is 9.59 Å². The largest absolute Gasteiger partial charge is 0.586 e. The van der Waals surface area contributed by atoms with Gasteiger partial charge in [-0.15, -0.1) is 8.78 Å². The van der Waals surface area contributed by atoms with Gasteiger partial charge in [0.25, 0.3) is 0 Å². The molecule has 262 valence electrons. The topological polar surface area (TPSA) is 181 Å². The Labute approximate surface area is 273 Å². The third kappa shape index (κ3) is 7.59. The lowest BCUT2D eigenvalue weighted by Crippen LogP contribution is -2.60. The van der Waals surface area contributed by atoms with Crippen LogP contribution in [0.1, 0.15) is 49.1 Å². The van der Waals surface area contributed by atoms with E-state index in [9.17, 15) is 56.8 Å². The summed E-state index contributed by atoms with van der Waals surface area (Å²) in [7, 11) is 0. The normalized spacial score (nSPS) is 26.7. The van der Waals surface area contributed by atoms with Gasteiger partial charge in [0.15, 0.2) is 17.6 Å². The second-order valence-electron chi connectivity index (χ2n) is 11.8. The van der Waals surface area contributed by atoms with Crippen molar-refractivity contribution in [3.63, 3.8) is 0 Å². The van der Waals surface area contributed by atoms with Gasteiger partial charge in [0.1, 0.15) is 18.3 Å². The number of anilines is 1. The minimum absolute atomic E-state index is 0.0704. The van der Waals surface area contributed by atoms with E-state index in [1.807, 2.05) is 0 Å². The number of aliphatic carboxylic acids is 1. The van der Waals surface area contributed by atoms with Gasteiger partial charge in [-0.2, -0.15) is 13.2 Å². The number of hydrogen-bond donors (Lipinski definition) is 5. The number of alkyl halides is 5. The number of hydrogen-bond acceptors (Lipinski definition) is 10. The molecule has 1 saturated heterocycles. The Morgan fingerprint density at radius 2 is 1.65 bits per heavy atom. The molecule has 5 rings (SSSR count). The molecule has 1 unspecified atom stereocenters. The number of benzene rings is 2. The van der Waals surface area contributed by atoms with Crippen molar-refractivity contribution in [2.24, 2.45) is 11.8 Å². The summed E-state index contributed by atoms with van der Waals surface area (Å²) in [5.74, 6) is -9.74. The standard InChI is InChI=1S/C30H29ClF5NO11/c1-11(29(32,33)34)21(14-5-7-18-19(9-14)48-30(35,36)47-18)26(42)37-17-8-13(4-6-16(17)31)15(12-2-3-12)10-20(38)45-28-24(41)22(39)23(40)25(46-28)27(43)44/h4-9,11-12,15,21-25,28,39-41H,2-3,10H2,1H3,(H,37,42)(H,43,44)/t11-,15+,21+,22+,23+,24-,25+,28?/m1/s1. The van der Waals surface area contributed by atoms with Crippen molar-refractivity contribution < 1.29 is 75.7 Å². The first-order valence-corrected chi connectivity index (χ1v) is 14.9. The van der Waals surface area contributed by atoms with E-state index in [4.69, 9.17) is 21.1 Å². The first kappa shape index (κ1) is 35.5. The highest BCUT2D eigenvalue weighted by molar-refractivity contribution is 6.33. The van der Waals surface area contributed by atoms with Gasteiger partial charge in [0.05, 0.1) is 29.0 Å². The number of carbonyl (C=O) groups excluding carboxylic acids is 2. The highest BCUT2D eigenvalue weighted by Crippen LogP contribution is 2.47. The Morgan fingerprint density at radius 1 is 1.00 bits per heavy atom. The number of fused-ring (bicyclic) bond motifs is 1. The summed E-state index contributed by atoms with van der Waals surface area (Å²) in [6.45, 7) is 0.752. The van der Waals surface area contributed by atoms with Gasteiger partial charge >= 0.3 is 24.4 Å². The monoisotopic (exact) mass is 709 g/mol. The number of carboxylic acids is 1. The average Bonchev–Trinajstić information content (AvgIpc) is 3.78. The Kier molecular flexibility index (Phi) is 9.82. The molecule has 2 aliphatic heterocycles. The predicted molar refractivity (Wildman–Crippen MR) is 151 cm³/mol. The summed E-state index contributed by atoms with van der Waals surface area (Å²) in [4.78, 5) is 37.8. The lowest BCUT2D eigenvalue weighted by atomic mass is 9.85. The molecule has 3 aliphatic rings. The van der Waals surface area contributed by atoms with Crippen LogP contribution >= 0.6 is 11.6 Å². The van der Waals surface area contributed by atoms with Crippen LogP contribution in [0.4, 0.5) is 27.6 Å². The van der Waals surface area contributed by atoms with Crippen LogP contribution in [0.25, 0.3) is 0 Å². The molecule has 8 atom stereocenters. The summed E-state index contributed by atoms with van der Waals surface area (Å²) in [6, 6.07) is 7.09. The fourth-order valence-electron chi connectivity index (χ4n) is 5.66. The van der Waals surface area contributed by atoms with Crippen molar-refractivity contribution in [2.45, 2.75) is 81.2 Å². The summed E-state index contributed by atoms with van der Waals surface area (Å²) in [6.07, 6.45) is -17.8. The zero-order chi connectivity index (χ0) is 35.3. The second-order valence-corrected chi connectivity index (χ2v) is 12.2. The Morgan fingerprint density at radius 3 is 2.27 bits per heavy atom. The Balaban J connectivity index is 1.35. The molecule has 18 heteroatoms. The molecular formula is C30H29ClF5NO11. The molecule has 1 aliphatic carbocycles. The lowest BCUT2D eigenvalue weighted by Gasteiger charge is -2.38. The average molecular weight is 710 g/mol. The quantitative estimate of drug-likeness (QED) is 0.178. The molecule has 2 fully saturated rings. The molecule has 1 saturated carbocycles. The molecule has 48 heavy (non-hydrogen) atoms. The minimum atomic E-state index is -4.89. The van der Waals surface area contributed by atoms with Gasteiger partial charge < -0.3 is 44.7 Å². The molecule has 1 amide bonds. The second kappa shape index (κ2) is 13.3. The minimum Gasteiger partial charge on any atom is -0.479 e. The van der Waals surface area contributed by atoms with E-state index in [1.165, 1.54) is 18.2 Å². The van der Waals surface area contributed by atoms with Gasteiger partial charge in [-0.05, 0) is 60.1 Å². The van der Waals surface area contributed by atoms with E-state index in [0.29, 0.717) is 18.4 Å². The number of amides is 1.